The molecule has 0 bridgehead atoms. The van der Waals surface area contributed by atoms with Crippen LogP contribution in [0.4, 0.5) is 11.5 Å². The normalized spacial score (nSPS) is 10.5. The Labute approximate surface area is 123 Å². The lowest BCUT2D eigenvalue weighted by Crippen LogP contribution is -2.07. The molecule has 0 spiro atoms. The van der Waals surface area contributed by atoms with Gasteiger partial charge in [0.1, 0.15) is 22.1 Å². The molecule has 0 radical (unpaired) electrons. The molecule has 0 aliphatic rings. The van der Waals surface area contributed by atoms with E-state index in [2.05, 4.69) is 5.10 Å². The van der Waals surface area contributed by atoms with Gasteiger partial charge in [-0.2, -0.15) is 5.10 Å². The van der Waals surface area contributed by atoms with Crippen molar-refractivity contribution in [3.63, 3.8) is 0 Å². The van der Waals surface area contributed by atoms with Gasteiger partial charge < -0.3 is 10.8 Å². The van der Waals surface area contributed by atoms with Gasteiger partial charge in [0.05, 0.1) is 4.92 Å². The number of hydrogen-bond acceptors (Lipinski definition) is 6. The van der Waals surface area contributed by atoms with E-state index in [-0.39, 0.29) is 27.8 Å². The van der Waals surface area contributed by atoms with Crippen LogP contribution in [0.15, 0.2) is 29.3 Å². The quantitative estimate of drug-likeness (QED) is 0.492. The van der Waals surface area contributed by atoms with Crippen LogP contribution < -0.4 is 5.73 Å². The summed E-state index contributed by atoms with van der Waals surface area (Å²) >= 11 is 1.21. The number of nitrogens with two attached hydrogens (primary N) is 1. The number of carbonyl (C=O) groups is 1. The van der Waals surface area contributed by atoms with Crippen LogP contribution >= 0.6 is 11.8 Å². The molecule has 0 unspecified atom stereocenters. The molecule has 0 aliphatic carbocycles. The van der Waals surface area contributed by atoms with Gasteiger partial charge in [-0.3, -0.25) is 10.1 Å². The average molecular weight is 308 g/mol. The highest BCUT2D eigenvalue weighted by molar-refractivity contribution is 7.99. The summed E-state index contributed by atoms with van der Waals surface area (Å²) in [6.45, 7) is 1.84. The standard InChI is InChI=1S/C12H12N4O4S/c1-2-21-11-9(12(17)18)10(13)15(14-11)7-5-3-4-6-8(7)16(19)20/h3-6H,2,13H2,1H3,(H,17,18). The lowest BCUT2D eigenvalue weighted by Gasteiger charge is -2.04. The summed E-state index contributed by atoms with van der Waals surface area (Å²) in [4.78, 5) is 21.8. The first-order valence-electron chi connectivity index (χ1n) is 5.95. The molecule has 8 nitrogen and oxygen atoms in total. The summed E-state index contributed by atoms with van der Waals surface area (Å²) in [5, 5.41) is 24.6. The Morgan fingerprint density at radius 3 is 2.76 bits per heavy atom. The van der Waals surface area contributed by atoms with Crippen LogP contribution in [0.1, 0.15) is 17.3 Å². The van der Waals surface area contributed by atoms with E-state index in [0.29, 0.717) is 5.75 Å². The molecule has 0 saturated carbocycles. The molecule has 9 heteroatoms. The highest BCUT2D eigenvalue weighted by Gasteiger charge is 2.25. The highest BCUT2D eigenvalue weighted by atomic mass is 32.2. The molecule has 0 fully saturated rings. The molecule has 1 aromatic carbocycles. The van der Waals surface area contributed by atoms with Gasteiger partial charge in [-0.25, -0.2) is 9.48 Å². The van der Waals surface area contributed by atoms with Crippen LogP contribution in [0.25, 0.3) is 5.69 Å². The summed E-state index contributed by atoms with van der Waals surface area (Å²) in [5.41, 5.74) is 5.61. The lowest BCUT2D eigenvalue weighted by molar-refractivity contribution is -0.384. The number of nitrogens with zero attached hydrogens (tertiary/aromatic N) is 3. The van der Waals surface area contributed by atoms with Crippen molar-refractivity contribution in [3.8, 4) is 5.69 Å². The van der Waals surface area contributed by atoms with E-state index in [1.54, 1.807) is 6.07 Å². The first-order chi connectivity index (χ1) is 9.97. The lowest BCUT2D eigenvalue weighted by atomic mass is 10.2. The summed E-state index contributed by atoms with van der Waals surface area (Å²) < 4.78 is 1.10. The highest BCUT2D eigenvalue weighted by Crippen LogP contribution is 2.31. The number of nitro groups is 1. The van der Waals surface area contributed by atoms with Gasteiger partial charge >= 0.3 is 5.97 Å². The van der Waals surface area contributed by atoms with Gasteiger partial charge in [-0.05, 0) is 11.8 Å². The second kappa shape index (κ2) is 5.83. The maximum absolute atomic E-state index is 11.3. The first kappa shape index (κ1) is 14.9. The van der Waals surface area contributed by atoms with Gasteiger partial charge in [0, 0.05) is 6.07 Å². The van der Waals surface area contributed by atoms with Crippen molar-refractivity contribution in [2.45, 2.75) is 11.9 Å². The molecule has 21 heavy (non-hydrogen) atoms. The molecule has 1 heterocycles. The van der Waals surface area contributed by atoms with Gasteiger partial charge in [0.2, 0.25) is 0 Å². The minimum atomic E-state index is -1.21. The van der Waals surface area contributed by atoms with E-state index in [9.17, 15) is 20.0 Å². The van der Waals surface area contributed by atoms with E-state index in [4.69, 9.17) is 5.73 Å². The maximum Gasteiger partial charge on any atom is 0.342 e. The van der Waals surface area contributed by atoms with Crippen LogP contribution in [-0.2, 0) is 0 Å². The zero-order chi connectivity index (χ0) is 15.6. The largest absolute Gasteiger partial charge is 0.477 e. The number of aromatic carboxylic acids is 1. The van der Waals surface area contributed by atoms with E-state index >= 15 is 0 Å². The zero-order valence-electron chi connectivity index (χ0n) is 11.0. The predicted molar refractivity (Wildman–Crippen MR) is 78.0 cm³/mol. The average Bonchev–Trinajstić information content (AvgIpc) is 2.76. The van der Waals surface area contributed by atoms with Crippen molar-refractivity contribution in [2.75, 3.05) is 11.5 Å². The number of aromatic nitrogens is 2. The molecule has 110 valence electrons. The van der Waals surface area contributed by atoms with Gasteiger partial charge in [0.15, 0.2) is 0 Å². The second-order valence-corrected chi connectivity index (χ2v) is 5.21. The summed E-state index contributed by atoms with van der Waals surface area (Å²) in [7, 11) is 0. The second-order valence-electron chi connectivity index (χ2n) is 3.96. The fourth-order valence-corrected chi connectivity index (χ4v) is 2.58. The van der Waals surface area contributed by atoms with Crippen molar-refractivity contribution in [1.82, 2.24) is 9.78 Å². The van der Waals surface area contributed by atoms with E-state index < -0.39 is 10.9 Å². The predicted octanol–water partition coefficient (Wildman–Crippen LogP) is 2.17. The Morgan fingerprint density at radius 2 is 2.19 bits per heavy atom. The van der Waals surface area contributed by atoms with E-state index in [0.717, 1.165) is 4.68 Å². The van der Waals surface area contributed by atoms with Crippen molar-refractivity contribution >= 4 is 29.2 Å². The molecule has 0 atom stereocenters. The molecule has 0 saturated heterocycles. The number of rotatable bonds is 5. The summed E-state index contributed by atoms with van der Waals surface area (Å²) in [6, 6.07) is 5.88. The van der Waals surface area contributed by atoms with Crippen molar-refractivity contribution < 1.29 is 14.8 Å². The number of hydrogen-bond donors (Lipinski definition) is 2. The number of anilines is 1. The minimum Gasteiger partial charge on any atom is -0.477 e. The Hall–Kier alpha value is -2.55. The van der Waals surface area contributed by atoms with Crippen LogP contribution in [0, 0.1) is 10.1 Å². The van der Waals surface area contributed by atoms with E-state index in [1.165, 1.54) is 30.0 Å². The monoisotopic (exact) mass is 308 g/mol. The number of benzene rings is 1. The Morgan fingerprint density at radius 1 is 1.52 bits per heavy atom. The molecule has 0 amide bonds. The van der Waals surface area contributed by atoms with Crippen molar-refractivity contribution in [1.29, 1.82) is 0 Å². The Balaban J connectivity index is 2.68. The van der Waals surface area contributed by atoms with Crippen molar-refractivity contribution in [2.24, 2.45) is 0 Å². The van der Waals surface area contributed by atoms with E-state index in [1.807, 2.05) is 6.92 Å². The Kier molecular flexibility index (Phi) is 4.13. The number of thioether (sulfide) groups is 1. The number of carboxylic acid groups (broad SMARTS) is 1. The zero-order valence-corrected chi connectivity index (χ0v) is 11.8. The number of nitro benzene ring substituents is 1. The molecule has 2 rings (SSSR count). The molecule has 3 N–H and O–H groups in total. The number of para-hydroxylation sites is 2. The smallest absolute Gasteiger partial charge is 0.342 e. The first-order valence-corrected chi connectivity index (χ1v) is 6.94. The van der Waals surface area contributed by atoms with Crippen LogP contribution in [0.2, 0.25) is 0 Å². The van der Waals surface area contributed by atoms with Crippen LogP contribution in [-0.4, -0.2) is 31.5 Å². The fraction of sp³-hybridized carbons (Fsp3) is 0.167. The third-order valence-electron chi connectivity index (χ3n) is 2.69. The third-order valence-corrected chi connectivity index (χ3v) is 3.54. The number of nitrogen functional groups attached to an aromatic ring is 1. The van der Waals surface area contributed by atoms with Crippen molar-refractivity contribution in [3.05, 3.63) is 39.9 Å². The topological polar surface area (TPSA) is 124 Å². The molecule has 1 aromatic heterocycles. The Bertz CT molecular complexity index is 713. The SMILES string of the molecule is CCSc1nn(-c2ccccc2[N+](=O)[O-])c(N)c1C(=O)O. The van der Waals surface area contributed by atoms with Gasteiger partial charge in [-0.15, -0.1) is 11.8 Å². The number of carboxylic acids is 1. The third kappa shape index (κ3) is 2.68. The molecule has 2 aromatic rings. The van der Waals surface area contributed by atoms with Gasteiger partial charge in [0.25, 0.3) is 5.69 Å². The fourth-order valence-electron chi connectivity index (χ4n) is 1.83. The van der Waals surface area contributed by atoms with Crippen LogP contribution in [0.5, 0.6) is 0 Å². The summed E-state index contributed by atoms with van der Waals surface area (Å²) in [5.74, 6) is -0.741. The summed E-state index contributed by atoms with van der Waals surface area (Å²) in [6.07, 6.45) is 0. The maximum atomic E-state index is 11.3. The minimum absolute atomic E-state index is 0.130. The van der Waals surface area contributed by atoms with Crippen LogP contribution in [0.3, 0.4) is 0 Å². The molecular weight excluding hydrogens is 296 g/mol. The molecule has 0 aliphatic heterocycles. The molecular formula is C12H12N4O4S. The van der Waals surface area contributed by atoms with Gasteiger partial charge in [-0.1, -0.05) is 19.1 Å².